The number of imidazole rings is 1. The Morgan fingerprint density at radius 1 is 1.08 bits per heavy atom. The predicted molar refractivity (Wildman–Crippen MR) is 105 cm³/mol. The van der Waals surface area contributed by atoms with E-state index in [0.717, 1.165) is 22.7 Å². The van der Waals surface area contributed by atoms with Crippen molar-refractivity contribution in [2.75, 3.05) is 5.32 Å². The number of hydrogen-bond acceptors (Lipinski definition) is 3. The molecule has 3 aromatic heterocycles. The molecule has 1 fully saturated rings. The third-order valence-electron chi connectivity index (χ3n) is 5.54. The third-order valence-corrected chi connectivity index (χ3v) is 5.54. The van der Waals surface area contributed by atoms with Gasteiger partial charge in [0.15, 0.2) is 5.65 Å². The Labute approximate surface area is 152 Å². The quantitative estimate of drug-likeness (QED) is 0.589. The second-order valence-corrected chi connectivity index (χ2v) is 7.29. The fourth-order valence-electron chi connectivity index (χ4n) is 4.10. The van der Waals surface area contributed by atoms with E-state index < -0.39 is 0 Å². The summed E-state index contributed by atoms with van der Waals surface area (Å²) in [5.41, 5.74) is 4.25. The summed E-state index contributed by atoms with van der Waals surface area (Å²) in [6.07, 6.45) is 14.2. The molecule has 26 heavy (non-hydrogen) atoms. The van der Waals surface area contributed by atoms with Crippen molar-refractivity contribution < 1.29 is 0 Å². The average Bonchev–Trinajstić information content (AvgIpc) is 3.24. The molecule has 0 bridgehead atoms. The minimum absolute atomic E-state index is 0.523. The van der Waals surface area contributed by atoms with Crippen molar-refractivity contribution in [3.05, 3.63) is 49.1 Å². The molecule has 1 aromatic carbocycles. The first kappa shape index (κ1) is 15.4. The molecule has 132 valence electrons. The zero-order valence-corrected chi connectivity index (χ0v) is 15.0. The highest BCUT2D eigenvalue weighted by molar-refractivity contribution is 5.87. The molecule has 0 amide bonds. The topological polar surface area (TPSA) is 47.2 Å². The molecule has 5 nitrogen and oxygen atoms in total. The summed E-state index contributed by atoms with van der Waals surface area (Å²) in [4.78, 5) is 9.15. The normalized spacial score (nSPS) is 15.7. The molecule has 4 aromatic rings. The molecule has 3 heterocycles. The van der Waals surface area contributed by atoms with Gasteiger partial charge in [-0.05, 0) is 30.4 Å². The van der Waals surface area contributed by atoms with Crippen LogP contribution in [-0.4, -0.2) is 25.0 Å². The van der Waals surface area contributed by atoms with Crippen molar-refractivity contribution in [3.63, 3.8) is 0 Å². The maximum Gasteiger partial charge on any atom is 0.157 e. The van der Waals surface area contributed by atoms with E-state index in [9.17, 15) is 0 Å². The molecule has 0 aliphatic heterocycles. The van der Waals surface area contributed by atoms with Gasteiger partial charge in [-0.3, -0.25) is 9.38 Å². The van der Waals surface area contributed by atoms with Crippen molar-refractivity contribution in [1.29, 1.82) is 0 Å². The van der Waals surface area contributed by atoms with E-state index in [1.807, 2.05) is 18.6 Å². The molecule has 1 aliphatic rings. The lowest BCUT2D eigenvalue weighted by atomic mass is 9.95. The molecule has 0 atom stereocenters. The van der Waals surface area contributed by atoms with Gasteiger partial charge in [0, 0.05) is 42.8 Å². The lowest BCUT2D eigenvalue weighted by Crippen LogP contribution is -2.23. The van der Waals surface area contributed by atoms with Crippen LogP contribution in [0.5, 0.6) is 0 Å². The van der Waals surface area contributed by atoms with Crippen LogP contribution in [0.3, 0.4) is 0 Å². The van der Waals surface area contributed by atoms with Gasteiger partial charge in [0.2, 0.25) is 0 Å². The Kier molecular flexibility index (Phi) is 3.66. The van der Waals surface area contributed by atoms with E-state index in [2.05, 4.69) is 56.8 Å². The number of benzene rings is 1. The minimum atomic E-state index is 0.523. The fourth-order valence-corrected chi connectivity index (χ4v) is 4.10. The van der Waals surface area contributed by atoms with Crippen LogP contribution < -0.4 is 5.32 Å². The highest BCUT2D eigenvalue weighted by Gasteiger charge is 2.20. The van der Waals surface area contributed by atoms with Gasteiger partial charge in [-0.15, -0.1) is 0 Å². The Bertz CT molecular complexity index is 1070. The van der Waals surface area contributed by atoms with Crippen molar-refractivity contribution in [1.82, 2.24) is 18.9 Å². The molecule has 0 unspecified atom stereocenters. The van der Waals surface area contributed by atoms with Crippen molar-refractivity contribution >= 4 is 22.4 Å². The zero-order valence-electron chi connectivity index (χ0n) is 15.0. The molecule has 1 N–H and O–H groups in total. The van der Waals surface area contributed by atoms with Crippen LogP contribution in [0.15, 0.2) is 49.1 Å². The lowest BCUT2D eigenvalue weighted by molar-refractivity contribution is 0.461. The Morgan fingerprint density at radius 2 is 1.96 bits per heavy atom. The minimum Gasteiger partial charge on any atom is -0.367 e. The van der Waals surface area contributed by atoms with E-state index in [1.165, 1.54) is 43.0 Å². The number of anilines is 1. The summed E-state index contributed by atoms with van der Waals surface area (Å²) in [6, 6.07) is 9.25. The summed E-state index contributed by atoms with van der Waals surface area (Å²) in [7, 11) is 2.08. The second-order valence-electron chi connectivity index (χ2n) is 7.29. The van der Waals surface area contributed by atoms with Gasteiger partial charge in [-0.1, -0.05) is 31.4 Å². The number of hydrogen-bond donors (Lipinski definition) is 1. The maximum atomic E-state index is 4.90. The average molecular weight is 345 g/mol. The Hall–Kier alpha value is -2.82. The van der Waals surface area contributed by atoms with Gasteiger partial charge in [0.25, 0.3) is 0 Å². The van der Waals surface area contributed by atoms with Crippen LogP contribution in [0, 0.1) is 0 Å². The summed E-state index contributed by atoms with van der Waals surface area (Å²) in [5, 5.41) is 5.05. The SMILES string of the molecule is Cn1ccc2ccc(-c3nc4cnccn4c3NC3CCCCC3)cc21. The first-order valence-electron chi connectivity index (χ1n) is 9.44. The van der Waals surface area contributed by atoms with Crippen molar-refractivity contribution in [2.24, 2.45) is 7.05 Å². The van der Waals surface area contributed by atoms with Crippen LogP contribution in [-0.2, 0) is 7.05 Å². The standard InChI is InChI=1S/C21H23N5/c1-25-11-9-15-7-8-16(13-18(15)25)20-21(23-17-5-3-2-4-6-17)26-12-10-22-14-19(26)24-20/h7-14,17,23H,2-6H2,1H3. The molecule has 1 saturated carbocycles. The van der Waals surface area contributed by atoms with Gasteiger partial charge in [0.1, 0.15) is 11.5 Å². The number of nitrogens with one attached hydrogen (secondary N) is 1. The number of nitrogens with zero attached hydrogens (tertiary/aromatic N) is 4. The maximum absolute atomic E-state index is 4.90. The van der Waals surface area contributed by atoms with E-state index in [0.29, 0.717) is 6.04 Å². The first-order valence-corrected chi connectivity index (χ1v) is 9.44. The summed E-state index contributed by atoms with van der Waals surface area (Å²) in [5.74, 6) is 1.09. The van der Waals surface area contributed by atoms with E-state index in [-0.39, 0.29) is 0 Å². The summed E-state index contributed by atoms with van der Waals surface area (Å²) in [6.45, 7) is 0. The van der Waals surface area contributed by atoms with Crippen LogP contribution in [0.4, 0.5) is 5.82 Å². The molecule has 5 rings (SSSR count). The molecule has 5 heteroatoms. The van der Waals surface area contributed by atoms with E-state index in [1.54, 1.807) is 0 Å². The molecule has 0 radical (unpaired) electrons. The van der Waals surface area contributed by atoms with E-state index >= 15 is 0 Å². The highest BCUT2D eigenvalue weighted by atomic mass is 15.2. The Morgan fingerprint density at radius 3 is 2.85 bits per heavy atom. The number of fused-ring (bicyclic) bond motifs is 2. The monoisotopic (exact) mass is 345 g/mol. The van der Waals surface area contributed by atoms with Gasteiger partial charge >= 0.3 is 0 Å². The van der Waals surface area contributed by atoms with Crippen molar-refractivity contribution in [3.8, 4) is 11.3 Å². The van der Waals surface area contributed by atoms with E-state index in [4.69, 9.17) is 4.98 Å². The van der Waals surface area contributed by atoms with Crippen LogP contribution in [0.25, 0.3) is 27.8 Å². The third kappa shape index (κ3) is 2.55. The molecule has 0 spiro atoms. The number of aromatic nitrogens is 4. The molecular formula is C21H23N5. The highest BCUT2D eigenvalue weighted by Crippen LogP contribution is 2.33. The molecule has 1 aliphatic carbocycles. The summed E-state index contributed by atoms with van der Waals surface area (Å²) >= 11 is 0. The summed E-state index contributed by atoms with van der Waals surface area (Å²) < 4.78 is 4.29. The largest absolute Gasteiger partial charge is 0.367 e. The predicted octanol–water partition coefficient (Wildman–Crippen LogP) is 4.63. The lowest BCUT2D eigenvalue weighted by Gasteiger charge is -2.24. The zero-order chi connectivity index (χ0) is 17.5. The number of rotatable bonds is 3. The Balaban J connectivity index is 1.65. The smallest absolute Gasteiger partial charge is 0.157 e. The van der Waals surface area contributed by atoms with Gasteiger partial charge in [-0.25, -0.2) is 4.98 Å². The first-order chi connectivity index (χ1) is 12.8. The van der Waals surface area contributed by atoms with Gasteiger partial charge in [0.05, 0.1) is 6.20 Å². The van der Waals surface area contributed by atoms with Crippen LogP contribution in [0.2, 0.25) is 0 Å². The van der Waals surface area contributed by atoms with Crippen LogP contribution in [0.1, 0.15) is 32.1 Å². The molecular weight excluding hydrogens is 322 g/mol. The second kappa shape index (κ2) is 6.16. The van der Waals surface area contributed by atoms with Gasteiger partial charge < -0.3 is 9.88 Å². The van der Waals surface area contributed by atoms with Crippen LogP contribution >= 0.6 is 0 Å². The van der Waals surface area contributed by atoms with Gasteiger partial charge in [-0.2, -0.15) is 0 Å². The molecule has 0 saturated heterocycles. The van der Waals surface area contributed by atoms with Crippen molar-refractivity contribution in [2.45, 2.75) is 38.1 Å². The number of aryl methyl sites for hydroxylation is 1. The fraction of sp³-hybridized carbons (Fsp3) is 0.333.